The average Bonchev–Trinajstić information content (AvgIpc) is 3.40. The Hall–Kier alpha value is -3.82. The Bertz CT molecular complexity index is 1610. The van der Waals surface area contributed by atoms with Crippen molar-refractivity contribution < 1.29 is 51.2 Å². The number of ether oxygens (including phenoxy) is 2. The molecule has 2 aliphatic heterocycles. The summed E-state index contributed by atoms with van der Waals surface area (Å²) in [5, 5.41) is 26.2. The molecule has 2 N–H and O–H groups in total. The van der Waals surface area contributed by atoms with E-state index in [1.807, 2.05) is 0 Å². The predicted molar refractivity (Wildman–Crippen MR) is 152 cm³/mol. The molecule has 1 aromatic heterocycles. The molecule has 2 aromatic carbocycles. The van der Waals surface area contributed by atoms with Gasteiger partial charge in [-0.1, -0.05) is 23.7 Å². The van der Waals surface area contributed by atoms with Crippen LogP contribution in [0.1, 0.15) is 73.2 Å². The van der Waals surface area contributed by atoms with Crippen LogP contribution in [0.2, 0.25) is 5.02 Å². The molecule has 16 heteroatoms. The van der Waals surface area contributed by atoms with Crippen molar-refractivity contribution in [2.75, 3.05) is 26.3 Å². The molecule has 0 bridgehead atoms. The Morgan fingerprint density at radius 1 is 1.07 bits per heavy atom. The first-order valence-electron chi connectivity index (χ1n) is 14.5. The average molecular weight is 673 g/mol. The third kappa shape index (κ3) is 6.67. The van der Waals surface area contributed by atoms with Gasteiger partial charge in [-0.05, 0) is 49.9 Å². The molecule has 2 atom stereocenters. The maximum absolute atomic E-state index is 15.1. The zero-order valence-electron chi connectivity index (χ0n) is 24.4. The van der Waals surface area contributed by atoms with Crippen LogP contribution in [0.4, 0.5) is 22.0 Å². The Morgan fingerprint density at radius 2 is 1.78 bits per heavy atom. The number of hydrogen-bond acceptors (Lipinski definition) is 7. The summed E-state index contributed by atoms with van der Waals surface area (Å²) >= 11 is 6.29. The summed E-state index contributed by atoms with van der Waals surface area (Å²) in [6.45, 7) is 0.226. The summed E-state index contributed by atoms with van der Waals surface area (Å²) in [7, 11) is 0. The lowest BCUT2D eigenvalue weighted by Gasteiger charge is -2.32. The highest BCUT2D eigenvalue weighted by Gasteiger charge is 2.46. The van der Waals surface area contributed by atoms with E-state index >= 15 is 8.78 Å². The third-order valence-electron chi connectivity index (χ3n) is 8.03. The molecule has 0 radical (unpaired) electrons. The predicted octanol–water partition coefficient (Wildman–Crippen LogP) is 5.69. The van der Waals surface area contributed by atoms with Gasteiger partial charge in [-0.3, -0.25) is 14.2 Å². The summed E-state index contributed by atoms with van der Waals surface area (Å²) in [5.74, 6) is -7.32. The number of hydrogen-bond donors (Lipinski definition) is 2. The quantitative estimate of drug-likeness (QED) is 0.278. The van der Waals surface area contributed by atoms with Crippen LogP contribution < -0.4 is 4.74 Å². The van der Waals surface area contributed by atoms with Gasteiger partial charge in [0.1, 0.15) is 30.1 Å². The van der Waals surface area contributed by atoms with Crippen LogP contribution in [0.25, 0.3) is 5.69 Å². The molecule has 1 amide bonds. The maximum Gasteiger partial charge on any atom is 0.420 e. The van der Waals surface area contributed by atoms with E-state index in [9.17, 15) is 27.9 Å². The summed E-state index contributed by atoms with van der Waals surface area (Å²) in [5.41, 5.74) is -1.70. The molecular weight excluding hydrogens is 643 g/mol. The van der Waals surface area contributed by atoms with E-state index in [0.29, 0.717) is 12.8 Å². The van der Waals surface area contributed by atoms with E-state index in [1.165, 1.54) is 42.2 Å². The second kappa shape index (κ2) is 13.1. The zero-order valence-corrected chi connectivity index (χ0v) is 25.2. The summed E-state index contributed by atoms with van der Waals surface area (Å²) in [6, 6.07) is 7.57. The standard InChI is InChI=1S/C30H30ClF5N4O6/c1-2-45-21-5-3-4-18(25(21)30(34,35)36)26-19-13-17(31)6-7-20(19)40-27(37-38-28(40)29(32,33)15-41)22(46-26)14-23(42)39-10-8-16(9-11-39)12-24(43)44/h3-7,13,16,22,26,41H,2,8-12,14-15H2,1H3,(H,43,44)/t22-,26-/m1/s1. The molecule has 0 spiro atoms. The number of carbonyl (C=O) groups excluding carboxylic acids is 1. The molecule has 5 rings (SSSR count). The van der Waals surface area contributed by atoms with Crippen molar-refractivity contribution in [1.29, 1.82) is 0 Å². The highest BCUT2D eigenvalue weighted by molar-refractivity contribution is 6.30. The Balaban J connectivity index is 1.65. The second-order valence-corrected chi connectivity index (χ2v) is 11.5. The molecule has 0 aliphatic carbocycles. The van der Waals surface area contributed by atoms with Gasteiger partial charge in [0, 0.05) is 35.7 Å². The van der Waals surface area contributed by atoms with Crippen molar-refractivity contribution in [3.8, 4) is 11.4 Å². The van der Waals surface area contributed by atoms with E-state index in [-0.39, 0.29) is 54.1 Å². The third-order valence-corrected chi connectivity index (χ3v) is 8.26. The minimum absolute atomic E-state index is 0.0490. The first-order chi connectivity index (χ1) is 21.7. The van der Waals surface area contributed by atoms with Crippen LogP contribution in [0, 0.1) is 5.92 Å². The number of aliphatic carboxylic acids is 1. The maximum atomic E-state index is 15.1. The highest BCUT2D eigenvalue weighted by Crippen LogP contribution is 2.48. The lowest BCUT2D eigenvalue weighted by molar-refractivity contribution is -0.143. The number of aromatic nitrogens is 3. The van der Waals surface area contributed by atoms with Gasteiger partial charge >= 0.3 is 18.1 Å². The Kier molecular flexibility index (Phi) is 9.57. The molecule has 1 fully saturated rings. The number of amides is 1. The van der Waals surface area contributed by atoms with Crippen molar-refractivity contribution >= 4 is 23.5 Å². The van der Waals surface area contributed by atoms with E-state index < -0.39 is 71.9 Å². The molecule has 3 aromatic rings. The number of carbonyl (C=O) groups is 2. The summed E-state index contributed by atoms with van der Waals surface area (Å²) < 4.78 is 86.6. The van der Waals surface area contributed by atoms with Gasteiger partial charge in [0.2, 0.25) is 11.7 Å². The van der Waals surface area contributed by atoms with Gasteiger partial charge in [-0.15, -0.1) is 10.2 Å². The number of carboxylic acid groups (broad SMARTS) is 1. The Labute approximate surface area is 264 Å². The summed E-state index contributed by atoms with van der Waals surface area (Å²) in [6.07, 6.45) is -7.78. The van der Waals surface area contributed by atoms with Crippen molar-refractivity contribution in [2.24, 2.45) is 5.92 Å². The number of fused-ring (bicyclic) bond motifs is 3. The topological polar surface area (TPSA) is 127 Å². The number of benzene rings is 2. The first kappa shape index (κ1) is 33.5. The van der Waals surface area contributed by atoms with Crippen molar-refractivity contribution in [3.63, 3.8) is 0 Å². The number of alkyl halides is 5. The smallest absolute Gasteiger partial charge is 0.420 e. The van der Waals surface area contributed by atoms with E-state index in [4.69, 9.17) is 26.2 Å². The van der Waals surface area contributed by atoms with Crippen molar-refractivity contribution in [2.45, 2.75) is 56.9 Å². The minimum atomic E-state index is -4.94. The Morgan fingerprint density at radius 3 is 2.41 bits per heavy atom. The lowest BCUT2D eigenvalue weighted by Crippen LogP contribution is -2.39. The second-order valence-electron chi connectivity index (χ2n) is 11.1. The SMILES string of the molecule is CCOc1cccc([C@H]2O[C@H](CC(=O)N3CCC(CC(=O)O)CC3)c3nnc(C(F)(F)CO)n3-c3ccc(Cl)cc32)c1C(F)(F)F. The van der Waals surface area contributed by atoms with E-state index in [2.05, 4.69) is 10.2 Å². The van der Waals surface area contributed by atoms with Crippen LogP contribution in [-0.2, 0) is 26.4 Å². The molecular formula is C30H30ClF5N4O6. The van der Waals surface area contributed by atoms with Gasteiger partial charge in [-0.25, -0.2) is 0 Å². The molecule has 2 aliphatic rings. The van der Waals surface area contributed by atoms with Gasteiger partial charge in [-0.2, -0.15) is 22.0 Å². The van der Waals surface area contributed by atoms with Crippen LogP contribution in [-0.4, -0.2) is 68.1 Å². The fourth-order valence-electron chi connectivity index (χ4n) is 5.93. The number of halogens is 6. The van der Waals surface area contributed by atoms with Crippen LogP contribution >= 0.6 is 11.6 Å². The van der Waals surface area contributed by atoms with Gasteiger partial charge in [0.25, 0.3) is 0 Å². The minimum Gasteiger partial charge on any atom is -0.493 e. The number of aliphatic hydroxyl groups excluding tert-OH is 1. The molecule has 0 saturated carbocycles. The van der Waals surface area contributed by atoms with Crippen molar-refractivity contribution in [3.05, 3.63) is 69.8 Å². The largest absolute Gasteiger partial charge is 0.493 e. The monoisotopic (exact) mass is 672 g/mol. The zero-order chi connectivity index (χ0) is 33.4. The molecule has 10 nitrogen and oxygen atoms in total. The molecule has 1 saturated heterocycles. The number of nitrogens with zero attached hydrogens (tertiary/aromatic N) is 4. The fourth-order valence-corrected chi connectivity index (χ4v) is 6.11. The highest BCUT2D eigenvalue weighted by atomic mass is 35.5. The number of piperidine rings is 1. The first-order valence-corrected chi connectivity index (χ1v) is 14.8. The van der Waals surface area contributed by atoms with Crippen LogP contribution in [0.15, 0.2) is 36.4 Å². The van der Waals surface area contributed by atoms with Crippen LogP contribution in [0.5, 0.6) is 5.75 Å². The summed E-state index contributed by atoms with van der Waals surface area (Å²) in [4.78, 5) is 26.2. The van der Waals surface area contributed by atoms with Gasteiger partial charge in [0.15, 0.2) is 5.82 Å². The number of rotatable bonds is 9. The van der Waals surface area contributed by atoms with E-state index in [1.54, 1.807) is 0 Å². The molecule has 46 heavy (non-hydrogen) atoms. The van der Waals surface area contributed by atoms with Crippen LogP contribution in [0.3, 0.4) is 0 Å². The van der Waals surface area contributed by atoms with Gasteiger partial charge < -0.3 is 24.6 Å². The number of likely N-dealkylation sites (tertiary alicyclic amines) is 1. The number of carboxylic acids is 1. The lowest BCUT2D eigenvalue weighted by atomic mass is 9.93. The fraction of sp³-hybridized carbons (Fsp3) is 0.467. The van der Waals surface area contributed by atoms with Crippen molar-refractivity contribution in [1.82, 2.24) is 19.7 Å². The number of aliphatic hydroxyl groups is 1. The molecule has 248 valence electrons. The molecule has 3 heterocycles. The van der Waals surface area contributed by atoms with Gasteiger partial charge in [0.05, 0.1) is 18.7 Å². The normalized spacial score (nSPS) is 18.9. The molecule has 0 unspecified atom stereocenters. The van der Waals surface area contributed by atoms with E-state index in [0.717, 1.165) is 10.6 Å².